The molecule has 0 saturated carbocycles. The van der Waals surface area contributed by atoms with Gasteiger partial charge in [0.25, 0.3) is 0 Å². The molecule has 86 valence electrons. The van der Waals surface area contributed by atoms with Crippen molar-refractivity contribution in [2.45, 2.75) is 48.0 Å². The summed E-state index contributed by atoms with van der Waals surface area (Å²) in [5, 5.41) is 0. The van der Waals surface area contributed by atoms with Crippen molar-refractivity contribution in [2.75, 3.05) is 0 Å². The van der Waals surface area contributed by atoms with Gasteiger partial charge in [-0.1, -0.05) is 0 Å². The largest absolute Gasteiger partial charge is 1.00 e. The molecular formula is C12H25BrTe. The van der Waals surface area contributed by atoms with E-state index in [0.717, 1.165) is 11.8 Å². The standard InChI is InChI=1S/C12H25Te.BrH/c1-6-7-8-13(9-11(2)3)10-12(4)5;/h6-7,11-12H,8-10H2,1-5H3;1H/q+1;/p-1/b7-6-;. The van der Waals surface area contributed by atoms with Crippen molar-refractivity contribution in [3.8, 4) is 0 Å². The molecule has 0 rings (SSSR count). The van der Waals surface area contributed by atoms with Crippen molar-refractivity contribution in [3.05, 3.63) is 12.2 Å². The molecular weight excluding hydrogens is 352 g/mol. The Kier molecular flexibility index (Phi) is 13.1. The number of rotatable bonds is 6. The fraction of sp³-hybridized carbons (Fsp3) is 0.833. The minimum absolute atomic E-state index is 0. The van der Waals surface area contributed by atoms with Gasteiger partial charge in [-0.25, -0.2) is 0 Å². The topological polar surface area (TPSA) is 0 Å². The van der Waals surface area contributed by atoms with Gasteiger partial charge in [0.1, 0.15) is 0 Å². The average molecular weight is 377 g/mol. The van der Waals surface area contributed by atoms with Crippen LogP contribution < -0.4 is 17.0 Å². The van der Waals surface area contributed by atoms with Crippen molar-refractivity contribution >= 4 is 19.6 Å². The zero-order chi connectivity index (χ0) is 10.3. The zero-order valence-corrected chi connectivity index (χ0v) is 14.1. The van der Waals surface area contributed by atoms with E-state index in [2.05, 4.69) is 46.8 Å². The Morgan fingerprint density at radius 3 is 1.71 bits per heavy atom. The van der Waals surface area contributed by atoms with Crippen LogP contribution in [0.2, 0.25) is 13.4 Å². The summed E-state index contributed by atoms with van der Waals surface area (Å²) in [5.74, 6) is 1.83. The second-order valence-corrected chi connectivity index (χ2v) is 10.8. The molecule has 0 nitrogen and oxygen atoms in total. The van der Waals surface area contributed by atoms with Crippen LogP contribution in [0.15, 0.2) is 12.2 Å². The van der Waals surface area contributed by atoms with Crippen molar-refractivity contribution in [2.24, 2.45) is 11.8 Å². The predicted molar refractivity (Wildman–Crippen MR) is 64.7 cm³/mol. The molecule has 0 aromatic carbocycles. The third kappa shape index (κ3) is 11.1. The van der Waals surface area contributed by atoms with Gasteiger partial charge in [0.2, 0.25) is 0 Å². The van der Waals surface area contributed by atoms with Gasteiger partial charge in [0.15, 0.2) is 0 Å². The normalized spacial score (nSPS) is 11.7. The van der Waals surface area contributed by atoms with Crippen LogP contribution in [0.5, 0.6) is 0 Å². The summed E-state index contributed by atoms with van der Waals surface area (Å²) in [6.45, 7) is 11.6. The molecule has 0 atom stereocenters. The van der Waals surface area contributed by atoms with E-state index in [-0.39, 0.29) is 17.0 Å². The quantitative estimate of drug-likeness (QED) is 0.485. The maximum atomic E-state index is 2.39. The first kappa shape index (κ1) is 17.4. The molecule has 0 aliphatic carbocycles. The summed E-state index contributed by atoms with van der Waals surface area (Å²) in [5.41, 5.74) is 0. The van der Waals surface area contributed by atoms with Gasteiger partial charge in [0.05, 0.1) is 0 Å². The minimum Gasteiger partial charge on any atom is -1.00 e. The van der Waals surface area contributed by atoms with E-state index in [0.29, 0.717) is 0 Å². The first-order valence-electron chi connectivity index (χ1n) is 5.31. The zero-order valence-electron chi connectivity index (χ0n) is 10.2. The molecule has 14 heavy (non-hydrogen) atoms. The molecule has 0 aromatic heterocycles. The number of allylic oxidation sites excluding steroid dienone is 2. The first-order chi connectivity index (χ1) is 6.06. The summed E-state index contributed by atoms with van der Waals surface area (Å²) in [7, 11) is 0. The second kappa shape index (κ2) is 10.5. The van der Waals surface area contributed by atoms with E-state index in [4.69, 9.17) is 0 Å². The third-order valence-corrected chi connectivity index (χ3v) is 10.1. The van der Waals surface area contributed by atoms with E-state index in [1.54, 1.807) is 8.94 Å². The molecule has 2 heteroatoms. The number of hydrogen-bond acceptors (Lipinski definition) is 0. The predicted octanol–water partition coefficient (Wildman–Crippen LogP) is 1.37. The van der Waals surface area contributed by atoms with Crippen molar-refractivity contribution in [1.29, 1.82) is 0 Å². The molecule has 0 N–H and O–H groups in total. The van der Waals surface area contributed by atoms with Crippen molar-refractivity contribution in [1.82, 2.24) is 0 Å². The van der Waals surface area contributed by atoms with Crippen LogP contribution >= 0.6 is 0 Å². The van der Waals surface area contributed by atoms with Gasteiger partial charge in [0, 0.05) is 0 Å². The Hall–Kier alpha value is 1.01. The molecule has 0 unspecified atom stereocenters. The van der Waals surface area contributed by atoms with Gasteiger partial charge in [-0.05, 0) is 0 Å². The van der Waals surface area contributed by atoms with Crippen LogP contribution in [0.4, 0.5) is 0 Å². The van der Waals surface area contributed by atoms with Gasteiger partial charge in [-0.15, -0.1) is 0 Å². The summed E-state index contributed by atoms with van der Waals surface area (Å²) < 4.78 is 4.54. The average Bonchev–Trinajstić information content (AvgIpc) is 1.98. The molecule has 0 aliphatic rings. The Morgan fingerprint density at radius 1 is 1.00 bits per heavy atom. The maximum absolute atomic E-state index is 2.39. The molecule has 0 radical (unpaired) electrons. The van der Waals surface area contributed by atoms with Crippen LogP contribution in [0.1, 0.15) is 34.6 Å². The third-order valence-electron chi connectivity index (χ3n) is 1.71. The van der Waals surface area contributed by atoms with Crippen LogP contribution in [-0.2, 0) is 0 Å². The molecule has 0 aromatic rings. The minimum atomic E-state index is -0.757. The number of hydrogen-bond donors (Lipinski definition) is 0. The van der Waals surface area contributed by atoms with E-state index < -0.39 is 19.6 Å². The Labute approximate surface area is 108 Å². The van der Waals surface area contributed by atoms with Crippen LogP contribution in [-0.4, -0.2) is 19.6 Å². The molecule has 0 amide bonds. The second-order valence-electron chi connectivity index (χ2n) is 4.47. The van der Waals surface area contributed by atoms with E-state index >= 15 is 0 Å². The summed E-state index contributed by atoms with van der Waals surface area (Å²) in [6.07, 6.45) is 4.61. The fourth-order valence-corrected chi connectivity index (χ4v) is 9.25. The van der Waals surface area contributed by atoms with Gasteiger partial charge >= 0.3 is 91.6 Å². The molecule has 0 saturated heterocycles. The molecule has 0 heterocycles. The van der Waals surface area contributed by atoms with Crippen LogP contribution in [0.3, 0.4) is 0 Å². The molecule has 0 aliphatic heterocycles. The number of halogens is 1. The summed E-state index contributed by atoms with van der Waals surface area (Å²) in [4.78, 5) is 0. The van der Waals surface area contributed by atoms with Crippen LogP contribution in [0.25, 0.3) is 0 Å². The van der Waals surface area contributed by atoms with Gasteiger partial charge in [-0.3, -0.25) is 0 Å². The molecule has 0 bridgehead atoms. The van der Waals surface area contributed by atoms with E-state index in [9.17, 15) is 0 Å². The van der Waals surface area contributed by atoms with Crippen LogP contribution in [0, 0.1) is 11.8 Å². The monoisotopic (exact) mass is 378 g/mol. The Bertz CT molecular complexity index is 131. The first-order valence-corrected chi connectivity index (χ1v) is 10.3. The van der Waals surface area contributed by atoms with E-state index in [1.165, 1.54) is 4.47 Å². The maximum Gasteiger partial charge on any atom is -1.00 e. The fourth-order valence-electron chi connectivity index (χ4n) is 1.38. The Morgan fingerprint density at radius 2 is 1.43 bits per heavy atom. The Balaban J connectivity index is 0. The van der Waals surface area contributed by atoms with E-state index in [1.807, 2.05) is 0 Å². The molecule has 0 fully saturated rings. The molecule has 0 spiro atoms. The SMILES string of the molecule is C/C=C\C[Te+](CC(C)C)CC(C)C.[Br-]. The summed E-state index contributed by atoms with van der Waals surface area (Å²) in [6, 6.07) is 0. The van der Waals surface area contributed by atoms with Crippen molar-refractivity contribution < 1.29 is 17.0 Å². The smallest absolute Gasteiger partial charge is 1.00 e. The summed E-state index contributed by atoms with van der Waals surface area (Å²) >= 11 is -0.757. The van der Waals surface area contributed by atoms with Gasteiger partial charge in [-0.2, -0.15) is 0 Å². The van der Waals surface area contributed by atoms with Gasteiger partial charge < -0.3 is 17.0 Å². The van der Waals surface area contributed by atoms with Crippen molar-refractivity contribution in [3.63, 3.8) is 0 Å².